The molecule has 1 N–H and O–H groups in total. The molecule has 0 aromatic heterocycles. The van der Waals surface area contributed by atoms with Crippen LogP contribution in [0.1, 0.15) is 28.4 Å². The number of nitrogens with one attached hydrogen (secondary N) is 1. The summed E-state index contributed by atoms with van der Waals surface area (Å²) >= 11 is 0. The third kappa shape index (κ3) is 6.51. The summed E-state index contributed by atoms with van der Waals surface area (Å²) in [5.74, 6) is -0.603. The Morgan fingerprint density at radius 2 is 1.45 bits per heavy atom. The van der Waals surface area contributed by atoms with Gasteiger partial charge in [-0.15, -0.1) is 0 Å². The monoisotopic (exact) mass is 527 g/mol. The molecule has 0 aliphatic carbocycles. The lowest BCUT2D eigenvalue weighted by Gasteiger charge is -2.26. The van der Waals surface area contributed by atoms with Crippen molar-refractivity contribution in [3.8, 4) is 5.75 Å². The number of nitrogens with zero attached hydrogens (tertiary/aromatic N) is 2. The largest absolute Gasteiger partial charge is 0.427 e. The van der Waals surface area contributed by atoms with Gasteiger partial charge in [0, 0.05) is 6.92 Å². The Bertz CT molecular complexity index is 1540. The minimum Gasteiger partial charge on any atom is -0.427 e. The maximum atomic E-state index is 13.7. The average molecular weight is 528 g/mol. The van der Waals surface area contributed by atoms with E-state index < -0.39 is 21.9 Å². The highest BCUT2D eigenvalue weighted by molar-refractivity contribution is 7.92. The highest BCUT2D eigenvalue weighted by atomic mass is 32.2. The van der Waals surface area contributed by atoms with Crippen molar-refractivity contribution < 1.29 is 22.7 Å². The molecule has 192 valence electrons. The second-order valence-corrected chi connectivity index (χ2v) is 10.1. The average Bonchev–Trinajstić information content (AvgIpc) is 2.93. The highest BCUT2D eigenvalue weighted by Crippen LogP contribution is 2.29. The minimum atomic E-state index is -4.01. The molecule has 4 aromatic rings. The number of para-hydroxylation sites is 1. The third-order valence-electron chi connectivity index (χ3n) is 5.44. The van der Waals surface area contributed by atoms with Crippen molar-refractivity contribution in [3.63, 3.8) is 0 Å². The van der Waals surface area contributed by atoms with Crippen LogP contribution in [0.15, 0.2) is 119 Å². The van der Waals surface area contributed by atoms with Crippen LogP contribution in [-0.4, -0.2) is 26.5 Å². The predicted octanol–water partition coefficient (Wildman–Crippen LogP) is 4.77. The minimum absolute atomic E-state index is 0.0281. The molecule has 0 unspecified atom stereocenters. The van der Waals surface area contributed by atoms with E-state index in [9.17, 15) is 18.0 Å². The van der Waals surface area contributed by atoms with Crippen LogP contribution in [-0.2, 0) is 21.4 Å². The standard InChI is InChI=1S/C29H25N3O5S/c1-22(33)37-25-18-16-23(17-19-25)20-30-31-29(34)27-14-8-9-15-28(27)32(21-24-10-4-2-5-11-24)38(35,36)26-12-6-3-7-13-26/h2-20H,21H2,1H3,(H,31,34)/b30-20-. The Balaban J connectivity index is 1.62. The fourth-order valence-electron chi connectivity index (χ4n) is 3.67. The van der Waals surface area contributed by atoms with Crippen molar-refractivity contribution in [3.05, 3.63) is 126 Å². The number of carbonyl (C=O) groups excluding carboxylic acids is 2. The number of ether oxygens (including phenoxy) is 1. The van der Waals surface area contributed by atoms with Crippen LogP contribution in [0.25, 0.3) is 0 Å². The quantitative estimate of drug-likeness (QED) is 0.146. The molecule has 0 saturated heterocycles. The molecular weight excluding hydrogens is 502 g/mol. The summed E-state index contributed by atoms with van der Waals surface area (Å²) < 4.78 is 33.7. The van der Waals surface area contributed by atoms with Gasteiger partial charge in [-0.1, -0.05) is 60.7 Å². The summed E-state index contributed by atoms with van der Waals surface area (Å²) in [7, 11) is -4.01. The predicted molar refractivity (Wildman–Crippen MR) is 146 cm³/mol. The number of hydrogen-bond donors (Lipinski definition) is 1. The Morgan fingerprint density at radius 1 is 0.842 bits per heavy atom. The molecule has 0 aliphatic heterocycles. The number of hydrogen-bond acceptors (Lipinski definition) is 6. The van der Waals surface area contributed by atoms with Gasteiger partial charge in [0.25, 0.3) is 15.9 Å². The van der Waals surface area contributed by atoms with Crippen molar-refractivity contribution in [2.75, 3.05) is 4.31 Å². The Kier molecular flexibility index (Phi) is 8.30. The highest BCUT2D eigenvalue weighted by Gasteiger charge is 2.28. The van der Waals surface area contributed by atoms with Gasteiger partial charge in [-0.3, -0.25) is 13.9 Å². The summed E-state index contributed by atoms with van der Waals surface area (Å²) in [6, 6.07) is 30.3. The summed E-state index contributed by atoms with van der Waals surface area (Å²) in [6.45, 7) is 1.34. The summed E-state index contributed by atoms with van der Waals surface area (Å²) in [5.41, 5.74) is 4.25. The lowest BCUT2D eigenvalue weighted by Crippen LogP contribution is -2.33. The SMILES string of the molecule is CC(=O)Oc1ccc(/C=N\NC(=O)c2ccccc2N(Cc2ccccc2)S(=O)(=O)c2ccccc2)cc1. The molecule has 0 saturated carbocycles. The first kappa shape index (κ1) is 26.3. The number of benzene rings is 4. The second-order valence-electron chi connectivity index (χ2n) is 8.19. The first-order chi connectivity index (χ1) is 18.3. The number of amides is 1. The van der Waals surface area contributed by atoms with Crippen molar-refractivity contribution in [1.82, 2.24) is 5.43 Å². The van der Waals surface area contributed by atoms with Gasteiger partial charge in [0.15, 0.2) is 0 Å². The molecule has 8 nitrogen and oxygen atoms in total. The van der Waals surface area contributed by atoms with Gasteiger partial charge in [0.2, 0.25) is 0 Å². The molecule has 0 aliphatic rings. The van der Waals surface area contributed by atoms with Crippen LogP contribution in [0.5, 0.6) is 5.75 Å². The van der Waals surface area contributed by atoms with Gasteiger partial charge >= 0.3 is 5.97 Å². The summed E-state index contributed by atoms with van der Waals surface area (Å²) in [6.07, 6.45) is 1.43. The van der Waals surface area contributed by atoms with Crippen molar-refractivity contribution in [2.45, 2.75) is 18.4 Å². The number of esters is 1. The molecule has 0 radical (unpaired) electrons. The molecule has 1 amide bonds. The van der Waals surface area contributed by atoms with Crippen LogP contribution in [0.4, 0.5) is 5.69 Å². The zero-order valence-electron chi connectivity index (χ0n) is 20.5. The van der Waals surface area contributed by atoms with E-state index in [4.69, 9.17) is 4.74 Å². The lowest BCUT2D eigenvalue weighted by molar-refractivity contribution is -0.131. The van der Waals surface area contributed by atoms with E-state index in [1.54, 1.807) is 66.7 Å². The van der Waals surface area contributed by atoms with Gasteiger partial charge in [0.1, 0.15) is 5.75 Å². The van der Waals surface area contributed by atoms with Gasteiger partial charge in [-0.2, -0.15) is 5.10 Å². The smallest absolute Gasteiger partial charge is 0.308 e. The zero-order chi connectivity index (χ0) is 27.0. The number of rotatable bonds is 9. The molecule has 0 atom stereocenters. The van der Waals surface area contributed by atoms with Crippen LogP contribution in [0.3, 0.4) is 0 Å². The topological polar surface area (TPSA) is 105 Å². The molecule has 0 fully saturated rings. The first-order valence-corrected chi connectivity index (χ1v) is 13.1. The molecule has 4 rings (SSSR count). The van der Waals surface area contributed by atoms with E-state index in [-0.39, 0.29) is 22.7 Å². The summed E-state index contributed by atoms with van der Waals surface area (Å²) in [5, 5.41) is 4.01. The molecular formula is C29H25N3O5S. The summed E-state index contributed by atoms with van der Waals surface area (Å²) in [4.78, 5) is 24.3. The van der Waals surface area contributed by atoms with Gasteiger partial charge < -0.3 is 4.74 Å². The lowest BCUT2D eigenvalue weighted by atomic mass is 10.1. The van der Waals surface area contributed by atoms with E-state index in [1.165, 1.54) is 29.6 Å². The van der Waals surface area contributed by atoms with E-state index in [2.05, 4.69) is 10.5 Å². The normalized spacial score (nSPS) is 11.2. The van der Waals surface area contributed by atoms with Crippen molar-refractivity contribution in [1.29, 1.82) is 0 Å². The third-order valence-corrected chi connectivity index (χ3v) is 7.21. The molecule has 0 bridgehead atoms. The number of anilines is 1. The van der Waals surface area contributed by atoms with Gasteiger partial charge in [-0.25, -0.2) is 13.8 Å². The maximum absolute atomic E-state index is 13.7. The van der Waals surface area contributed by atoms with Gasteiger partial charge in [-0.05, 0) is 59.7 Å². The van der Waals surface area contributed by atoms with Crippen LogP contribution >= 0.6 is 0 Å². The molecule has 38 heavy (non-hydrogen) atoms. The van der Waals surface area contributed by atoms with Crippen LogP contribution < -0.4 is 14.5 Å². The molecule has 0 heterocycles. The molecule has 0 spiro atoms. The van der Waals surface area contributed by atoms with Gasteiger partial charge in [0.05, 0.1) is 28.9 Å². The maximum Gasteiger partial charge on any atom is 0.308 e. The van der Waals surface area contributed by atoms with Crippen molar-refractivity contribution >= 4 is 33.8 Å². The Morgan fingerprint density at radius 3 is 2.11 bits per heavy atom. The Hall–Kier alpha value is -4.76. The van der Waals surface area contributed by atoms with E-state index >= 15 is 0 Å². The number of sulfonamides is 1. The number of hydrazone groups is 1. The van der Waals surface area contributed by atoms with Crippen LogP contribution in [0.2, 0.25) is 0 Å². The number of carbonyl (C=O) groups is 2. The molecule has 4 aromatic carbocycles. The molecule has 9 heteroatoms. The van der Waals surface area contributed by atoms with Crippen LogP contribution in [0, 0.1) is 0 Å². The van der Waals surface area contributed by atoms with E-state index in [0.29, 0.717) is 11.3 Å². The zero-order valence-corrected chi connectivity index (χ0v) is 21.3. The fourth-order valence-corrected chi connectivity index (χ4v) is 5.16. The fraction of sp³-hybridized carbons (Fsp3) is 0.0690. The van der Waals surface area contributed by atoms with Crippen molar-refractivity contribution in [2.24, 2.45) is 5.10 Å². The van der Waals surface area contributed by atoms with E-state index in [0.717, 1.165) is 5.56 Å². The van der Waals surface area contributed by atoms with E-state index in [1.807, 2.05) is 30.3 Å². The Labute approximate surface area is 221 Å². The second kappa shape index (κ2) is 12.0. The first-order valence-electron chi connectivity index (χ1n) is 11.7.